The zero-order chi connectivity index (χ0) is 15.8. The van der Waals surface area contributed by atoms with Crippen LogP contribution < -0.4 is 10.2 Å². The van der Waals surface area contributed by atoms with Crippen LogP contribution in [0.2, 0.25) is 0 Å². The van der Waals surface area contributed by atoms with Gasteiger partial charge in [-0.25, -0.2) is 4.79 Å². The van der Waals surface area contributed by atoms with Crippen LogP contribution in [0.15, 0.2) is 30.3 Å². The highest BCUT2D eigenvalue weighted by atomic mass is 16.4. The molecule has 1 aromatic carbocycles. The van der Waals surface area contributed by atoms with Crippen molar-refractivity contribution in [2.24, 2.45) is 5.92 Å². The molecule has 5 nitrogen and oxygen atoms in total. The molecule has 21 heavy (non-hydrogen) atoms. The molecule has 1 atom stereocenters. The number of rotatable bonds is 7. The summed E-state index contributed by atoms with van der Waals surface area (Å²) in [6.07, 6.45) is 1.89. The minimum Gasteiger partial charge on any atom is -0.480 e. The number of carbonyl (C=O) groups excluding carboxylic acids is 1. The van der Waals surface area contributed by atoms with E-state index in [1.165, 1.54) is 4.90 Å². The number of amides is 2. The Balaban J connectivity index is 2.70. The summed E-state index contributed by atoms with van der Waals surface area (Å²) in [4.78, 5) is 24.5. The summed E-state index contributed by atoms with van der Waals surface area (Å²) in [5.41, 5.74) is 0.577. The molecule has 0 fully saturated rings. The van der Waals surface area contributed by atoms with Gasteiger partial charge < -0.3 is 10.4 Å². The van der Waals surface area contributed by atoms with Crippen LogP contribution in [0.25, 0.3) is 0 Å². The maximum absolute atomic E-state index is 12.3. The monoisotopic (exact) mass is 292 g/mol. The van der Waals surface area contributed by atoms with Gasteiger partial charge in [-0.05, 0) is 37.8 Å². The molecule has 1 aromatic rings. The largest absolute Gasteiger partial charge is 0.480 e. The number of carboxylic acid groups (broad SMARTS) is 1. The van der Waals surface area contributed by atoms with Crippen LogP contribution in [-0.4, -0.2) is 29.7 Å². The number of para-hydroxylation sites is 1. The van der Waals surface area contributed by atoms with Crippen molar-refractivity contribution in [3.05, 3.63) is 30.3 Å². The van der Waals surface area contributed by atoms with Crippen molar-refractivity contribution in [2.75, 3.05) is 11.4 Å². The molecule has 1 rings (SSSR count). The molecule has 0 aliphatic carbocycles. The van der Waals surface area contributed by atoms with E-state index in [0.29, 0.717) is 11.6 Å². The number of benzene rings is 1. The third-order valence-corrected chi connectivity index (χ3v) is 3.15. The average Bonchev–Trinajstić information content (AvgIpc) is 2.43. The molecule has 0 bridgehead atoms. The summed E-state index contributed by atoms with van der Waals surface area (Å²) in [5, 5.41) is 11.8. The molecule has 5 heteroatoms. The SMILES string of the molecule is CC(C)CCC(C)NC(=O)N(CC(=O)O)c1ccccc1. The summed E-state index contributed by atoms with van der Waals surface area (Å²) < 4.78 is 0. The molecule has 0 aromatic heterocycles. The highest BCUT2D eigenvalue weighted by molar-refractivity contribution is 5.96. The van der Waals surface area contributed by atoms with Gasteiger partial charge in [0.2, 0.25) is 0 Å². The standard InChI is InChI=1S/C16H24N2O3/c1-12(2)9-10-13(3)17-16(21)18(11-15(19)20)14-7-5-4-6-8-14/h4-8,12-13H,9-11H2,1-3H3,(H,17,21)(H,19,20). The highest BCUT2D eigenvalue weighted by Crippen LogP contribution is 2.14. The van der Waals surface area contributed by atoms with Gasteiger partial charge in [0, 0.05) is 11.7 Å². The number of urea groups is 1. The number of nitrogens with one attached hydrogen (secondary N) is 1. The molecule has 0 aliphatic heterocycles. The molecule has 0 saturated carbocycles. The van der Waals surface area contributed by atoms with E-state index in [2.05, 4.69) is 19.2 Å². The molecule has 1 unspecified atom stereocenters. The maximum atomic E-state index is 12.3. The zero-order valence-electron chi connectivity index (χ0n) is 12.9. The second-order valence-electron chi connectivity index (χ2n) is 5.64. The summed E-state index contributed by atoms with van der Waals surface area (Å²) in [7, 11) is 0. The molecule has 2 amide bonds. The van der Waals surface area contributed by atoms with Crippen LogP contribution in [0.5, 0.6) is 0 Å². The fourth-order valence-electron chi connectivity index (χ4n) is 1.97. The number of hydrogen-bond donors (Lipinski definition) is 2. The lowest BCUT2D eigenvalue weighted by molar-refractivity contribution is -0.135. The molecule has 0 heterocycles. The van der Waals surface area contributed by atoms with E-state index in [1.807, 2.05) is 13.0 Å². The third-order valence-electron chi connectivity index (χ3n) is 3.15. The van der Waals surface area contributed by atoms with Gasteiger partial charge in [-0.1, -0.05) is 32.0 Å². The summed E-state index contributed by atoms with van der Waals surface area (Å²) in [6, 6.07) is 8.47. The lowest BCUT2D eigenvalue weighted by Crippen LogP contribution is -2.46. The fraction of sp³-hybridized carbons (Fsp3) is 0.500. The number of anilines is 1. The highest BCUT2D eigenvalue weighted by Gasteiger charge is 2.20. The number of carboxylic acids is 1. The lowest BCUT2D eigenvalue weighted by atomic mass is 10.0. The van der Waals surface area contributed by atoms with Crippen molar-refractivity contribution < 1.29 is 14.7 Å². The molecular formula is C16H24N2O3. The minimum atomic E-state index is -1.04. The van der Waals surface area contributed by atoms with Crippen molar-refractivity contribution in [3.63, 3.8) is 0 Å². The predicted octanol–water partition coefficient (Wildman–Crippen LogP) is 3.11. The van der Waals surface area contributed by atoms with E-state index in [9.17, 15) is 9.59 Å². The molecule has 0 saturated heterocycles. The lowest BCUT2D eigenvalue weighted by Gasteiger charge is -2.24. The van der Waals surface area contributed by atoms with Crippen LogP contribution in [0.1, 0.15) is 33.6 Å². The second kappa shape index (κ2) is 8.29. The smallest absolute Gasteiger partial charge is 0.323 e. The van der Waals surface area contributed by atoms with Gasteiger partial charge in [-0.3, -0.25) is 9.69 Å². The number of carbonyl (C=O) groups is 2. The summed E-state index contributed by atoms with van der Waals surface area (Å²) in [6.45, 7) is 5.85. The first kappa shape index (κ1) is 17.0. The fourth-order valence-corrected chi connectivity index (χ4v) is 1.97. The van der Waals surface area contributed by atoms with E-state index >= 15 is 0 Å². The van der Waals surface area contributed by atoms with Gasteiger partial charge in [-0.2, -0.15) is 0 Å². The van der Waals surface area contributed by atoms with Crippen molar-refractivity contribution in [1.82, 2.24) is 5.32 Å². The van der Waals surface area contributed by atoms with Crippen LogP contribution >= 0.6 is 0 Å². The van der Waals surface area contributed by atoms with Gasteiger partial charge >= 0.3 is 12.0 Å². The summed E-state index contributed by atoms with van der Waals surface area (Å²) >= 11 is 0. The Morgan fingerprint density at radius 3 is 2.29 bits per heavy atom. The topological polar surface area (TPSA) is 69.6 Å². The first-order chi connectivity index (χ1) is 9.90. The quantitative estimate of drug-likeness (QED) is 0.811. The predicted molar refractivity (Wildman–Crippen MR) is 83.5 cm³/mol. The Hall–Kier alpha value is -2.04. The van der Waals surface area contributed by atoms with Crippen LogP contribution in [0.4, 0.5) is 10.5 Å². The minimum absolute atomic E-state index is 0.0138. The number of hydrogen-bond acceptors (Lipinski definition) is 2. The van der Waals surface area contributed by atoms with E-state index < -0.39 is 5.97 Å². The first-order valence-corrected chi connectivity index (χ1v) is 7.25. The normalized spacial score (nSPS) is 12.0. The Morgan fingerprint density at radius 1 is 1.14 bits per heavy atom. The van der Waals surface area contributed by atoms with Gasteiger partial charge in [0.05, 0.1) is 0 Å². The maximum Gasteiger partial charge on any atom is 0.323 e. The van der Waals surface area contributed by atoms with Gasteiger partial charge in [0.1, 0.15) is 6.54 Å². The second-order valence-corrected chi connectivity index (χ2v) is 5.64. The number of aliphatic carboxylic acids is 1. The molecule has 0 aliphatic rings. The first-order valence-electron chi connectivity index (χ1n) is 7.25. The van der Waals surface area contributed by atoms with Gasteiger partial charge in [-0.15, -0.1) is 0 Å². The Kier molecular flexibility index (Phi) is 6.72. The molecule has 116 valence electrons. The zero-order valence-corrected chi connectivity index (χ0v) is 12.9. The third kappa shape index (κ3) is 6.29. The molecular weight excluding hydrogens is 268 g/mol. The molecule has 2 N–H and O–H groups in total. The van der Waals surface area contributed by atoms with E-state index in [4.69, 9.17) is 5.11 Å². The van der Waals surface area contributed by atoms with Crippen LogP contribution in [-0.2, 0) is 4.79 Å². The van der Waals surface area contributed by atoms with Crippen LogP contribution in [0.3, 0.4) is 0 Å². The Labute approximate surface area is 126 Å². The summed E-state index contributed by atoms with van der Waals surface area (Å²) in [5.74, 6) is -0.461. The molecule has 0 spiro atoms. The number of nitrogens with zero attached hydrogens (tertiary/aromatic N) is 1. The van der Waals surface area contributed by atoms with Crippen molar-refractivity contribution in [1.29, 1.82) is 0 Å². The van der Waals surface area contributed by atoms with Gasteiger partial charge in [0.15, 0.2) is 0 Å². The average molecular weight is 292 g/mol. The Bertz CT molecular complexity index is 460. The molecule has 0 radical (unpaired) electrons. The van der Waals surface area contributed by atoms with Crippen LogP contribution in [0, 0.1) is 5.92 Å². The van der Waals surface area contributed by atoms with Crippen molar-refractivity contribution in [2.45, 2.75) is 39.7 Å². The van der Waals surface area contributed by atoms with E-state index in [-0.39, 0.29) is 18.6 Å². The van der Waals surface area contributed by atoms with Gasteiger partial charge in [0.25, 0.3) is 0 Å². The van der Waals surface area contributed by atoms with E-state index in [1.54, 1.807) is 24.3 Å². The van der Waals surface area contributed by atoms with Crippen molar-refractivity contribution >= 4 is 17.7 Å². The van der Waals surface area contributed by atoms with E-state index in [0.717, 1.165) is 12.8 Å². The van der Waals surface area contributed by atoms with Crippen molar-refractivity contribution in [3.8, 4) is 0 Å². The Morgan fingerprint density at radius 2 is 1.76 bits per heavy atom.